The van der Waals surface area contributed by atoms with E-state index in [1.54, 1.807) is 0 Å². The van der Waals surface area contributed by atoms with E-state index >= 15 is 0 Å². The summed E-state index contributed by atoms with van der Waals surface area (Å²) in [7, 11) is 0. The Morgan fingerprint density at radius 3 is 2.60 bits per heavy atom. The van der Waals surface area contributed by atoms with Crippen LogP contribution in [0.25, 0.3) is 0 Å². The summed E-state index contributed by atoms with van der Waals surface area (Å²) in [5, 5.41) is 18.8. The van der Waals surface area contributed by atoms with Crippen LogP contribution in [0, 0.1) is 15.9 Å². The lowest BCUT2D eigenvalue weighted by Gasteiger charge is -2.05. The maximum absolute atomic E-state index is 13.1. The summed E-state index contributed by atoms with van der Waals surface area (Å²) >= 11 is 0. The summed E-state index contributed by atoms with van der Waals surface area (Å²) in [6, 6.07) is 0. The average Bonchev–Trinajstić information content (AvgIpc) is 2.15. The number of aliphatic hydroxyl groups is 1. The normalized spacial score (nSPS) is 10.7. The Morgan fingerprint density at radius 1 is 1.60 bits per heavy atom. The fourth-order valence-corrected chi connectivity index (χ4v) is 1.02. The zero-order valence-electron chi connectivity index (χ0n) is 7.15. The molecule has 0 aliphatic heterocycles. The largest absolute Gasteiger partial charge is 0.400 e. The third-order valence-electron chi connectivity index (χ3n) is 1.68. The first-order valence-electron chi connectivity index (χ1n) is 3.69. The van der Waals surface area contributed by atoms with Gasteiger partial charge in [-0.3, -0.25) is 0 Å². The van der Waals surface area contributed by atoms with Crippen molar-refractivity contribution in [3.05, 3.63) is 33.3 Å². The molecular weight excluding hydrogens is 217 g/mol. The number of nitro groups is 1. The molecule has 15 heavy (non-hydrogen) atoms. The molecule has 1 aromatic heterocycles. The van der Waals surface area contributed by atoms with Crippen molar-refractivity contribution in [3.8, 4) is 0 Å². The summed E-state index contributed by atoms with van der Waals surface area (Å²) < 4.78 is 37.8. The van der Waals surface area contributed by atoms with Crippen molar-refractivity contribution in [2.75, 3.05) is 0 Å². The SMILES string of the molecule is O=[N+]([O-])c1ncc(CO)c(C(F)F)c1F. The van der Waals surface area contributed by atoms with Crippen molar-refractivity contribution in [1.82, 2.24) is 4.98 Å². The number of hydrogen-bond acceptors (Lipinski definition) is 4. The van der Waals surface area contributed by atoms with E-state index in [9.17, 15) is 23.3 Å². The van der Waals surface area contributed by atoms with E-state index in [0.29, 0.717) is 6.20 Å². The minimum atomic E-state index is -3.24. The molecule has 0 unspecified atom stereocenters. The van der Waals surface area contributed by atoms with E-state index in [-0.39, 0.29) is 0 Å². The molecule has 0 aromatic carbocycles. The summed E-state index contributed by atoms with van der Waals surface area (Å²) in [6.45, 7) is -0.860. The van der Waals surface area contributed by atoms with Crippen molar-refractivity contribution < 1.29 is 23.2 Å². The van der Waals surface area contributed by atoms with Gasteiger partial charge in [-0.05, 0) is 9.91 Å². The average molecular weight is 222 g/mol. The van der Waals surface area contributed by atoms with Gasteiger partial charge in [-0.1, -0.05) is 0 Å². The lowest BCUT2D eigenvalue weighted by atomic mass is 10.1. The first-order valence-corrected chi connectivity index (χ1v) is 3.69. The van der Waals surface area contributed by atoms with Gasteiger partial charge in [0.25, 0.3) is 6.43 Å². The molecule has 0 saturated heterocycles. The van der Waals surface area contributed by atoms with Crippen LogP contribution in [0.1, 0.15) is 17.6 Å². The van der Waals surface area contributed by atoms with E-state index in [0.717, 1.165) is 0 Å². The molecule has 0 radical (unpaired) electrons. The number of halogens is 3. The quantitative estimate of drug-likeness (QED) is 0.621. The van der Waals surface area contributed by atoms with E-state index in [4.69, 9.17) is 5.11 Å². The second-order valence-corrected chi connectivity index (χ2v) is 2.55. The predicted molar refractivity (Wildman–Crippen MR) is 41.7 cm³/mol. The third kappa shape index (κ3) is 2.04. The molecule has 5 nitrogen and oxygen atoms in total. The molecule has 1 heterocycles. The molecule has 1 rings (SSSR count). The van der Waals surface area contributed by atoms with Crippen LogP contribution in [0.15, 0.2) is 6.20 Å². The van der Waals surface area contributed by atoms with Crippen LogP contribution in [-0.4, -0.2) is 15.0 Å². The second-order valence-electron chi connectivity index (χ2n) is 2.55. The van der Waals surface area contributed by atoms with Crippen LogP contribution in [0.4, 0.5) is 19.0 Å². The first kappa shape index (κ1) is 11.4. The molecule has 0 aliphatic carbocycles. The Bertz CT molecular complexity index is 397. The number of aliphatic hydroxyl groups excluding tert-OH is 1. The molecule has 1 N–H and O–H groups in total. The van der Waals surface area contributed by atoms with Gasteiger partial charge >= 0.3 is 5.82 Å². The highest BCUT2D eigenvalue weighted by Crippen LogP contribution is 2.29. The highest BCUT2D eigenvalue weighted by Gasteiger charge is 2.28. The molecule has 0 aliphatic rings. The van der Waals surface area contributed by atoms with Crippen LogP contribution in [0.2, 0.25) is 0 Å². The number of pyridine rings is 1. The summed E-state index contributed by atoms with van der Waals surface area (Å²) in [4.78, 5) is 12.0. The third-order valence-corrected chi connectivity index (χ3v) is 1.68. The van der Waals surface area contributed by atoms with Crippen molar-refractivity contribution in [2.24, 2.45) is 0 Å². The van der Waals surface area contributed by atoms with Crippen LogP contribution in [-0.2, 0) is 6.61 Å². The van der Waals surface area contributed by atoms with Gasteiger partial charge in [-0.25, -0.2) is 8.78 Å². The van der Waals surface area contributed by atoms with Crippen LogP contribution >= 0.6 is 0 Å². The van der Waals surface area contributed by atoms with Gasteiger partial charge in [0.1, 0.15) is 6.20 Å². The molecule has 0 atom stereocenters. The molecule has 0 saturated carbocycles. The maximum Gasteiger partial charge on any atom is 0.400 e. The van der Waals surface area contributed by atoms with Crippen molar-refractivity contribution >= 4 is 5.82 Å². The van der Waals surface area contributed by atoms with Gasteiger partial charge in [0, 0.05) is 5.56 Å². The lowest BCUT2D eigenvalue weighted by Crippen LogP contribution is -2.05. The zero-order valence-corrected chi connectivity index (χ0v) is 7.15. The van der Waals surface area contributed by atoms with Gasteiger partial charge < -0.3 is 15.2 Å². The van der Waals surface area contributed by atoms with Crippen LogP contribution < -0.4 is 0 Å². The summed E-state index contributed by atoms with van der Waals surface area (Å²) in [5.41, 5.74) is -1.65. The standard InChI is InChI=1S/C7H5F3N2O3/c8-5-4(6(9)10)3(2-13)1-11-7(5)12(14)15/h1,6,13H,2H2. The molecule has 0 fully saturated rings. The maximum atomic E-state index is 13.1. The molecule has 0 amide bonds. The smallest absolute Gasteiger partial charge is 0.392 e. The van der Waals surface area contributed by atoms with Gasteiger partial charge in [-0.2, -0.15) is 4.39 Å². The Balaban J connectivity index is 3.42. The number of aromatic nitrogens is 1. The van der Waals surface area contributed by atoms with Crippen molar-refractivity contribution in [3.63, 3.8) is 0 Å². The van der Waals surface area contributed by atoms with E-state index in [2.05, 4.69) is 4.98 Å². The van der Waals surface area contributed by atoms with Crippen molar-refractivity contribution in [2.45, 2.75) is 13.0 Å². The van der Waals surface area contributed by atoms with E-state index < -0.39 is 40.7 Å². The van der Waals surface area contributed by atoms with Gasteiger partial charge in [0.2, 0.25) is 5.82 Å². The Hall–Kier alpha value is -1.70. The predicted octanol–water partition coefficient (Wildman–Crippen LogP) is 1.56. The van der Waals surface area contributed by atoms with Crippen LogP contribution in [0.5, 0.6) is 0 Å². The minimum absolute atomic E-state index is 0.465. The summed E-state index contributed by atoms with van der Waals surface area (Å²) in [5.74, 6) is -2.98. The molecule has 1 aromatic rings. The Morgan fingerprint density at radius 2 is 2.20 bits per heavy atom. The molecule has 8 heteroatoms. The van der Waals surface area contributed by atoms with Crippen LogP contribution in [0.3, 0.4) is 0 Å². The fraction of sp³-hybridized carbons (Fsp3) is 0.286. The Labute approximate surface area is 81.3 Å². The monoisotopic (exact) mass is 222 g/mol. The van der Waals surface area contributed by atoms with Gasteiger partial charge in [0.05, 0.1) is 12.2 Å². The molecule has 0 bridgehead atoms. The molecule has 82 valence electrons. The van der Waals surface area contributed by atoms with Gasteiger partial charge in [0.15, 0.2) is 0 Å². The van der Waals surface area contributed by atoms with Gasteiger partial charge in [-0.15, -0.1) is 0 Å². The topological polar surface area (TPSA) is 76.3 Å². The van der Waals surface area contributed by atoms with E-state index in [1.165, 1.54) is 0 Å². The van der Waals surface area contributed by atoms with Crippen molar-refractivity contribution in [1.29, 1.82) is 0 Å². The molecule has 0 spiro atoms. The highest BCUT2D eigenvalue weighted by molar-refractivity contribution is 5.35. The molecular formula is C7H5F3N2O3. The first-order chi connectivity index (χ1) is 6.99. The lowest BCUT2D eigenvalue weighted by molar-refractivity contribution is -0.392. The zero-order chi connectivity index (χ0) is 11.6. The minimum Gasteiger partial charge on any atom is -0.392 e. The number of nitrogens with zero attached hydrogens (tertiary/aromatic N) is 2. The highest BCUT2D eigenvalue weighted by atomic mass is 19.3. The number of rotatable bonds is 3. The van der Waals surface area contributed by atoms with E-state index in [1.807, 2.05) is 0 Å². The summed E-state index contributed by atoms with van der Waals surface area (Å²) in [6.07, 6.45) is -2.59. The number of alkyl halides is 2. The fourth-order valence-electron chi connectivity index (χ4n) is 1.02. The Kier molecular flexibility index (Phi) is 3.20. The number of hydrogen-bond donors (Lipinski definition) is 1. The second kappa shape index (κ2) is 4.22.